The predicted octanol–water partition coefficient (Wildman–Crippen LogP) is 4.35. The lowest BCUT2D eigenvalue weighted by molar-refractivity contribution is 0.0954. The zero-order valence-corrected chi connectivity index (χ0v) is 16.1. The van der Waals surface area contributed by atoms with Crippen molar-refractivity contribution in [3.05, 3.63) is 88.8 Å². The molecule has 0 aliphatic carbocycles. The van der Waals surface area contributed by atoms with Crippen LogP contribution in [0, 0.1) is 6.92 Å². The van der Waals surface area contributed by atoms with Gasteiger partial charge in [0, 0.05) is 18.3 Å². The molecule has 140 valence electrons. The fraction of sp³-hybridized carbons (Fsp3) is 0.136. The van der Waals surface area contributed by atoms with E-state index in [0.29, 0.717) is 28.5 Å². The number of hydrogen-bond donors (Lipinski definition) is 1. The molecule has 2 aromatic heterocycles. The van der Waals surface area contributed by atoms with E-state index in [1.54, 1.807) is 24.4 Å². The number of hydrogen-bond acceptors (Lipinski definition) is 3. The average molecular weight is 391 g/mol. The van der Waals surface area contributed by atoms with Gasteiger partial charge in [-0.25, -0.2) is 9.97 Å². The van der Waals surface area contributed by atoms with Gasteiger partial charge in [-0.05, 0) is 49.2 Å². The number of carbonyl (C=O) groups excluding carboxylic acids is 1. The molecular formula is C22H19ClN4O. The molecule has 5 nitrogen and oxygen atoms in total. The molecule has 6 heteroatoms. The molecule has 2 aromatic carbocycles. The van der Waals surface area contributed by atoms with Gasteiger partial charge in [0.2, 0.25) is 0 Å². The number of fused-ring (bicyclic) bond motifs is 1. The molecule has 0 spiro atoms. The molecule has 0 radical (unpaired) electrons. The van der Waals surface area contributed by atoms with E-state index in [1.807, 2.05) is 54.0 Å². The summed E-state index contributed by atoms with van der Waals surface area (Å²) < 4.78 is 1.87. The number of carbonyl (C=O) groups is 1. The maximum absolute atomic E-state index is 12.6. The first-order chi connectivity index (χ1) is 13.6. The second kappa shape index (κ2) is 7.82. The van der Waals surface area contributed by atoms with Crippen LogP contribution in [-0.4, -0.2) is 27.0 Å². The molecule has 4 rings (SSSR count). The molecule has 0 saturated heterocycles. The molecule has 0 unspecified atom stereocenters. The van der Waals surface area contributed by atoms with Crippen LogP contribution in [0.3, 0.4) is 0 Å². The van der Waals surface area contributed by atoms with Gasteiger partial charge in [-0.15, -0.1) is 0 Å². The van der Waals surface area contributed by atoms with Gasteiger partial charge in [-0.1, -0.05) is 41.9 Å². The Bertz CT molecular complexity index is 1140. The minimum Gasteiger partial charge on any atom is -0.352 e. The Hall–Kier alpha value is -3.18. The van der Waals surface area contributed by atoms with Crippen molar-refractivity contribution in [2.75, 3.05) is 6.54 Å². The number of pyridine rings is 1. The van der Waals surface area contributed by atoms with Crippen LogP contribution in [0.15, 0.2) is 66.9 Å². The third kappa shape index (κ3) is 3.62. The molecule has 1 amide bonds. The first-order valence-electron chi connectivity index (χ1n) is 9.05. The van der Waals surface area contributed by atoms with E-state index < -0.39 is 0 Å². The number of nitrogens with zero attached hydrogens (tertiary/aromatic N) is 3. The minimum absolute atomic E-state index is 0.135. The van der Waals surface area contributed by atoms with Gasteiger partial charge in [-0.2, -0.15) is 0 Å². The number of benzene rings is 2. The fourth-order valence-electron chi connectivity index (χ4n) is 3.21. The predicted molar refractivity (Wildman–Crippen MR) is 111 cm³/mol. The van der Waals surface area contributed by atoms with Crippen molar-refractivity contribution in [3.8, 4) is 5.69 Å². The van der Waals surface area contributed by atoms with Gasteiger partial charge < -0.3 is 5.32 Å². The molecule has 28 heavy (non-hydrogen) atoms. The van der Waals surface area contributed by atoms with Gasteiger partial charge in [0.1, 0.15) is 11.3 Å². The number of rotatable bonds is 5. The standard InChI is InChI=1S/C22H19ClN4O/c1-15-26-19-8-5-12-24-21(19)27(15)20-14-17(9-10-18(20)23)22(28)25-13-11-16-6-3-2-4-7-16/h2-10,12,14H,11,13H2,1H3,(H,25,28). The second-order valence-electron chi connectivity index (χ2n) is 6.50. The fourth-order valence-corrected chi connectivity index (χ4v) is 3.41. The highest BCUT2D eigenvalue weighted by Gasteiger charge is 2.15. The van der Waals surface area contributed by atoms with Crippen molar-refractivity contribution in [1.29, 1.82) is 0 Å². The zero-order chi connectivity index (χ0) is 19.5. The van der Waals surface area contributed by atoms with E-state index in [2.05, 4.69) is 15.3 Å². The molecular weight excluding hydrogens is 372 g/mol. The Morgan fingerprint density at radius 1 is 1.11 bits per heavy atom. The number of aryl methyl sites for hydroxylation is 1. The van der Waals surface area contributed by atoms with Crippen molar-refractivity contribution < 1.29 is 4.79 Å². The van der Waals surface area contributed by atoms with E-state index >= 15 is 0 Å². The van der Waals surface area contributed by atoms with E-state index in [0.717, 1.165) is 17.8 Å². The molecule has 0 aliphatic rings. The van der Waals surface area contributed by atoms with Crippen LogP contribution >= 0.6 is 11.6 Å². The molecule has 0 fully saturated rings. The lowest BCUT2D eigenvalue weighted by Gasteiger charge is -2.11. The number of halogens is 1. The summed E-state index contributed by atoms with van der Waals surface area (Å²) >= 11 is 6.44. The summed E-state index contributed by atoms with van der Waals surface area (Å²) in [5.74, 6) is 0.626. The van der Waals surface area contributed by atoms with Gasteiger partial charge in [-0.3, -0.25) is 9.36 Å². The highest BCUT2D eigenvalue weighted by Crippen LogP contribution is 2.26. The Morgan fingerprint density at radius 3 is 2.75 bits per heavy atom. The summed E-state index contributed by atoms with van der Waals surface area (Å²) in [6.45, 7) is 2.46. The highest BCUT2D eigenvalue weighted by molar-refractivity contribution is 6.32. The van der Waals surface area contributed by atoms with Crippen LogP contribution < -0.4 is 5.32 Å². The Kier molecular flexibility index (Phi) is 5.08. The zero-order valence-electron chi connectivity index (χ0n) is 15.4. The third-order valence-electron chi connectivity index (χ3n) is 4.58. The van der Waals surface area contributed by atoms with Crippen LogP contribution in [0.4, 0.5) is 0 Å². The molecule has 0 bridgehead atoms. The SMILES string of the molecule is Cc1nc2cccnc2n1-c1cc(C(=O)NCCc2ccccc2)ccc1Cl. The number of nitrogens with one attached hydrogen (secondary N) is 1. The smallest absolute Gasteiger partial charge is 0.251 e. The largest absolute Gasteiger partial charge is 0.352 e. The maximum atomic E-state index is 12.6. The number of aromatic nitrogens is 3. The lowest BCUT2D eigenvalue weighted by Crippen LogP contribution is -2.25. The lowest BCUT2D eigenvalue weighted by atomic mass is 10.1. The summed E-state index contributed by atoms with van der Waals surface area (Å²) in [5, 5.41) is 3.50. The van der Waals surface area contributed by atoms with Gasteiger partial charge in [0.05, 0.1) is 10.7 Å². The van der Waals surface area contributed by atoms with Crippen molar-refractivity contribution in [1.82, 2.24) is 19.9 Å². The molecule has 0 saturated carbocycles. The van der Waals surface area contributed by atoms with Crippen LogP contribution in [-0.2, 0) is 6.42 Å². The summed E-state index contributed by atoms with van der Waals surface area (Å²) in [7, 11) is 0. The molecule has 0 atom stereocenters. The topological polar surface area (TPSA) is 59.8 Å². The Balaban J connectivity index is 1.58. The van der Waals surface area contributed by atoms with Gasteiger partial charge in [0.15, 0.2) is 5.65 Å². The van der Waals surface area contributed by atoms with Crippen LogP contribution in [0.5, 0.6) is 0 Å². The number of amides is 1. The minimum atomic E-state index is -0.135. The summed E-state index contributed by atoms with van der Waals surface area (Å²) in [6.07, 6.45) is 2.50. The van der Waals surface area contributed by atoms with Crippen LogP contribution in [0.1, 0.15) is 21.7 Å². The normalized spacial score (nSPS) is 10.9. The quantitative estimate of drug-likeness (QED) is 0.551. The summed E-state index contributed by atoms with van der Waals surface area (Å²) in [4.78, 5) is 21.6. The first kappa shape index (κ1) is 18.2. The average Bonchev–Trinajstić information content (AvgIpc) is 3.05. The third-order valence-corrected chi connectivity index (χ3v) is 4.89. The first-order valence-corrected chi connectivity index (χ1v) is 9.43. The molecule has 1 N–H and O–H groups in total. The summed E-state index contributed by atoms with van der Waals surface area (Å²) in [5.41, 5.74) is 3.92. The summed E-state index contributed by atoms with van der Waals surface area (Å²) in [6, 6.07) is 19.1. The van der Waals surface area contributed by atoms with E-state index in [1.165, 1.54) is 5.56 Å². The Labute approximate surface area is 168 Å². The van der Waals surface area contributed by atoms with Crippen molar-refractivity contribution in [2.24, 2.45) is 0 Å². The number of imidazole rings is 1. The van der Waals surface area contributed by atoms with Crippen molar-refractivity contribution >= 4 is 28.7 Å². The van der Waals surface area contributed by atoms with E-state index in [4.69, 9.17) is 11.6 Å². The molecule has 0 aliphatic heterocycles. The monoisotopic (exact) mass is 390 g/mol. The molecule has 2 heterocycles. The van der Waals surface area contributed by atoms with E-state index in [-0.39, 0.29) is 5.91 Å². The Morgan fingerprint density at radius 2 is 1.93 bits per heavy atom. The van der Waals surface area contributed by atoms with Gasteiger partial charge in [0.25, 0.3) is 5.91 Å². The highest BCUT2D eigenvalue weighted by atomic mass is 35.5. The second-order valence-corrected chi connectivity index (χ2v) is 6.91. The van der Waals surface area contributed by atoms with Crippen LogP contribution in [0.25, 0.3) is 16.9 Å². The molecule has 4 aromatic rings. The van der Waals surface area contributed by atoms with Crippen molar-refractivity contribution in [2.45, 2.75) is 13.3 Å². The van der Waals surface area contributed by atoms with Crippen LogP contribution in [0.2, 0.25) is 5.02 Å². The van der Waals surface area contributed by atoms with Gasteiger partial charge >= 0.3 is 0 Å². The van der Waals surface area contributed by atoms with E-state index in [9.17, 15) is 4.79 Å². The van der Waals surface area contributed by atoms with Crippen molar-refractivity contribution in [3.63, 3.8) is 0 Å². The maximum Gasteiger partial charge on any atom is 0.251 e.